The fraction of sp³-hybridized carbons (Fsp3) is 0.246. The molecule has 6 aromatic carbocycles. The van der Waals surface area contributed by atoms with Gasteiger partial charge in [0, 0.05) is 34.2 Å². The van der Waals surface area contributed by atoms with Crippen molar-refractivity contribution in [2.24, 2.45) is 24.8 Å². The summed E-state index contributed by atoms with van der Waals surface area (Å²) < 4.78 is 20.1. The standard InChI is InChI=1S/C61H55N4O2/c1-60(2,3)45-25-26-62-56(32-45)65-53-24-21-46(61-34-39-27-40(35-61)29-41(28-39)36-61)31-52(53)51-23-22-48(33-54(51)65)67-47-18-11-17-44(30-47)55-37-66-59-58(63(4)38-64(55)59)57-49(42-13-7-5-8-14-42)19-12-20-50(57)43-15-9-6-10-16-43/h5-26,30-33,37-41H,27-29,34-36H2,1-4H3/q+1. The van der Waals surface area contributed by atoms with Gasteiger partial charge in [0.1, 0.15) is 23.6 Å². The topological polar surface area (TPSA) is 48.5 Å². The number of aromatic nitrogens is 4. The molecule has 4 saturated carbocycles. The molecule has 0 radical (unpaired) electrons. The van der Waals surface area contributed by atoms with Crippen molar-refractivity contribution >= 4 is 27.5 Å². The van der Waals surface area contributed by atoms with Gasteiger partial charge in [-0.2, -0.15) is 4.40 Å². The van der Waals surface area contributed by atoms with Crippen LogP contribution in [0.25, 0.3) is 78.1 Å². The molecule has 4 aliphatic rings. The van der Waals surface area contributed by atoms with Crippen molar-refractivity contribution in [1.82, 2.24) is 14.0 Å². The van der Waals surface area contributed by atoms with Crippen LogP contribution in [0.15, 0.2) is 175 Å². The molecule has 6 nitrogen and oxygen atoms in total. The van der Waals surface area contributed by atoms with E-state index in [2.05, 4.69) is 193 Å². The van der Waals surface area contributed by atoms with Gasteiger partial charge < -0.3 is 9.15 Å². The van der Waals surface area contributed by atoms with E-state index in [1.54, 1.807) is 5.56 Å². The number of nitrogens with zero attached hydrogens (tertiary/aromatic N) is 4. The Kier molecular flexibility index (Phi) is 9.09. The van der Waals surface area contributed by atoms with Crippen LogP contribution >= 0.6 is 0 Å². The lowest BCUT2D eigenvalue weighted by Crippen LogP contribution is -2.48. The molecule has 0 unspecified atom stereocenters. The van der Waals surface area contributed by atoms with Gasteiger partial charge in [0.25, 0.3) is 6.33 Å². The van der Waals surface area contributed by atoms with Gasteiger partial charge in [-0.3, -0.25) is 4.57 Å². The molecule has 0 spiro atoms. The highest BCUT2D eigenvalue weighted by Gasteiger charge is 2.51. The summed E-state index contributed by atoms with van der Waals surface area (Å²) in [6.07, 6.45) is 14.3. The summed E-state index contributed by atoms with van der Waals surface area (Å²) in [4.78, 5) is 5.03. The van der Waals surface area contributed by atoms with E-state index in [0.29, 0.717) is 5.41 Å². The average molecular weight is 876 g/mol. The van der Waals surface area contributed by atoms with Crippen LogP contribution in [-0.2, 0) is 17.9 Å². The highest BCUT2D eigenvalue weighted by atomic mass is 16.5. The zero-order valence-corrected chi connectivity index (χ0v) is 38.7. The zero-order chi connectivity index (χ0) is 45.0. The number of fused-ring (bicyclic) bond motifs is 4. The molecular formula is C61H55N4O2+. The lowest BCUT2D eigenvalue weighted by molar-refractivity contribution is -0.659. The third kappa shape index (κ3) is 6.66. The Morgan fingerprint density at radius 3 is 1.99 bits per heavy atom. The first-order valence-electron chi connectivity index (χ1n) is 24.2. The summed E-state index contributed by atoms with van der Waals surface area (Å²) >= 11 is 0. The monoisotopic (exact) mass is 875 g/mol. The van der Waals surface area contributed by atoms with Crippen LogP contribution in [-0.4, -0.2) is 14.0 Å². The fourth-order valence-electron chi connectivity index (χ4n) is 13.0. The molecule has 4 heterocycles. The van der Waals surface area contributed by atoms with Crippen molar-refractivity contribution in [3.8, 4) is 62.1 Å². The molecule has 14 rings (SSSR count). The summed E-state index contributed by atoms with van der Waals surface area (Å²) in [6, 6.07) is 54.6. The minimum atomic E-state index is -0.0146. The van der Waals surface area contributed by atoms with E-state index in [0.717, 1.165) is 91.1 Å². The van der Waals surface area contributed by atoms with E-state index < -0.39 is 0 Å². The summed E-state index contributed by atoms with van der Waals surface area (Å²) in [5.41, 5.74) is 14.8. The molecule has 0 saturated heterocycles. The fourth-order valence-corrected chi connectivity index (χ4v) is 13.0. The summed E-state index contributed by atoms with van der Waals surface area (Å²) in [5.74, 6) is 5.14. The van der Waals surface area contributed by atoms with Crippen LogP contribution < -0.4 is 9.30 Å². The maximum Gasteiger partial charge on any atom is 0.343 e. The molecular weight excluding hydrogens is 821 g/mol. The Labute approximate surface area is 392 Å². The first-order chi connectivity index (χ1) is 32.7. The van der Waals surface area contributed by atoms with Crippen molar-refractivity contribution in [2.75, 3.05) is 0 Å². The minimum Gasteiger partial charge on any atom is -0.457 e. The second-order valence-electron chi connectivity index (χ2n) is 21.1. The van der Waals surface area contributed by atoms with Gasteiger partial charge in [0.15, 0.2) is 5.69 Å². The maximum absolute atomic E-state index is 6.84. The quantitative estimate of drug-likeness (QED) is 0.143. The second-order valence-corrected chi connectivity index (χ2v) is 21.1. The Morgan fingerprint density at radius 2 is 1.30 bits per heavy atom. The van der Waals surface area contributed by atoms with Gasteiger partial charge in [0.05, 0.1) is 18.1 Å². The number of imidazole rings is 1. The highest BCUT2D eigenvalue weighted by molar-refractivity contribution is 6.10. The number of ether oxygens (including phenoxy) is 1. The Morgan fingerprint density at radius 1 is 0.642 bits per heavy atom. The predicted molar refractivity (Wildman–Crippen MR) is 270 cm³/mol. The Hall–Kier alpha value is -7.18. The highest BCUT2D eigenvalue weighted by Crippen LogP contribution is 2.61. The van der Waals surface area contributed by atoms with Gasteiger partial charge in [-0.25, -0.2) is 9.55 Å². The van der Waals surface area contributed by atoms with E-state index in [4.69, 9.17) is 14.1 Å². The number of pyridine rings is 1. The Balaban J connectivity index is 0.893. The van der Waals surface area contributed by atoms with E-state index in [1.165, 1.54) is 60.4 Å². The minimum absolute atomic E-state index is 0.0146. The van der Waals surface area contributed by atoms with Crippen LogP contribution in [0.2, 0.25) is 0 Å². The number of rotatable bonds is 8. The van der Waals surface area contributed by atoms with Crippen molar-refractivity contribution in [2.45, 2.75) is 70.1 Å². The number of benzene rings is 6. The molecule has 330 valence electrons. The van der Waals surface area contributed by atoms with Gasteiger partial charge in [0.2, 0.25) is 5.69 Å². The lowest BCUT2D eigenvalue weighted by Gasteiger charge is -2.57. The molecule has 4 fully saturated rings. The molecule has 0 atom stereocenters. The normalized spacial score (nSPS) is 20.1. The van der Waals surface area contributed by atoms with Crippen LogP contribution in [0.1, 0.15) is 70.4 Å². The molecule has 6 heteroatoms. The SMILES string of the molecule is C[n+]1cn2c(-c3cccc(Oc4ccc5c6cc(C78CC9CC(CC(C9)C7)C8)ccc6n(-c6cc(C(C)(C)C)ccn6)c5c4)c3)coc2c1-c1c(-c2ccccc2)cccc1-c1ccccc1. The summed E-state index contributed by atoms with van der Waals surface area (Å²) in [6.45, 7) is 6.81. The van der Waals surface area contributed by atoms with Crippen LogP contribution in [0.4, 0.5) is 0 Å². The van der Waals surface area contributed by atoms with E-state index in [1.807, 2.05) is 18.5 Å². The van der Waals surface area contributed by atoms with E-state index in [-0.39, 0.29) is 5.41 Å². The largest absolute Gasteiger partial charge is 0.457 e. The summed E-state index contributed by atoms with van der Waals surface area (Å²) in [5, 5.41) is 2.53. The number of hydrogen-bond donors (Lipinski definition) is 0. The average Bonchev–Trinajstić information content (AvgIpc) is 4.00. The van der Waals surface area contributed by atoms with Crippen molar-refractivity contribution in [3.05, 3.63) is 182 Å². The lowest BCUT2D eigenvalue weighted by atomic mass is 9.48. The molecule has 0 aliphatic heterocycles. The molecule has 0 N–H and O–H groups in total. The third-order valence-corrected chi connectivity index (χ3v) is 15.7. The van der Waals surface area contributed by atoms with Crippen molar-refractivity contribution < 1.29 is 13.7 Å². The first kappa shape index (κ1) is 40.1. The molecule has 0 amide bonds. The van der Waals surface area contributed by atoms with Gasteiger partial charge in [-0.05, 0) is 149 Å². The molecule has 67 heavy (non-hydrogen) atoms. The van der Waals surface area contributed by atoms with Crippen molar-refractivity contribution in [1.29, 1.82) is 0 Å². The van der Waals surface area contributed by atoms with Gasteiger partial charge in [-0.15, -0.1) is 0 Å². The number of oxazole rings is 1. The second kappa shape index (κ2) is 15.2. The third-order valence-electron chi connectivity index (χ3n) is 15.7. The molecule has 4 aliphatic carbocycles. The molecule has 4 bridgehead atoms. The van der Waals surface area contributed by atoms with Gasteiger partial charge in [-0.1, -0.05) is 118 Å². The molecule has 4 aromatic heterocycles. The van der Waals surface area contributed by atoms with E-state index in [9.17, 15) is 0 Å². The predicted octanol–water partition coefficient (Wildman–Crippen LogP) is 15.1. The Bertz CT molecular complexity index is 3440. The smallest absolute Gasteiger partial charge is 0.343 e. The first-order valence-corrected chi connectivity index (χ1v) is 24.2. The maximum atomic E-state index is 6.84. The number of aryl methyl sites for hydroxylation is 1. The van der Waals surface area contributed by atoms with Crippen molar-refractivity contribution in [3.63, 3.8) is 0 Å². The molecule has 10 aromatic rings. The van der Waals surface area contributed by atoms with Crippen LogP contribution in [0.5, 0.6) is 11.5 Å². The van der Waals surface area contributed by atoms with Crippen LogP contribution in [0, 0.1) is 17.8 Å². The van der Waals surface area contributed by atoms with Gasteiger partial charge >= 0.3 is 5.71 Å². The van der Waals surface area contributed by atoms with Crippen LogP contribution in [0.3, 0.4) is 0 Å². The summed E-state index contributed by atoms with van der Waals surface area (Å²) in [7, 11) is 2.10. The number of hydrogen-bond acceptors (Lipinski definition) is 3. The van der Waals surface area contributed by atoms with E-state index >= 15 is 0 Å². The zero-order valence-electron chi connectivity index (χ0n) is 38.7.